The van der Waals surface area contributed by atoms with Gasteiger partial charge < -0.3 is 20.1 Å². The third-order valence-corrected chi connectivity index (χ3v) is 6.35. The Morgan fingerprint density at radius 3 is 2.72 bits per heavy atom. The van der Waals surface area contributed by atoms with E-state index in [0.29, 0.717) is 30.3 Å². The van der Waals surface area contributed by atoms with Crippen LogP contribution < -0.4 is 20.0 Å². The molecule has 1 aromatic carbocycles. The molecule has 4 heterocycles. The van der Waals surface area contributed by atoms with E-state index in [1.807, 2.05) is 0 Å². The number of hydrazine groups is 1. The van der Waals surface area contributed by atoms with Crippen molar-refractivity contribution >= 4 is 35.2 Å². The van der Waals surface area contributed by atoms with Gasteiger partial charge in [0.1, 0.15) is 17.7 Å². The normalized spacial score (nSPS) is 22.5. The highest BCUT2D eigenvalue weighted by molar-refractivity contribution is 5.93. The Balaban J connectivity index is 1.26. The maximum absolute atomic E-state index is 15.2. The number of aromatic nitrogens is 1. The zero-order chi connectivity index (χ0) is 25.4. The fourth-order valence-electron chi connectivity index (χ4n) is 4.57. The number of hydrogen-bond donors (Lipinski definition) is 2. The predicted octanol–water partition coefficient (Wildman–Crippen LogP) is 0.937. The maximum Gasteiger partial charge on any atom is 0.414 e. The number of amides is 4. The number of aliphatic hydroxyl groups excluding tert-OH is 1. The smallest absolute Gasteiger partial charge is 0.414 e. The number of urea groups is 1. The molecule has 1 unspecified atom stereocenters. The van der Waals surface area contributed by atoms with E-state index in [0.717, 1.165) is 0 Å². The molecule has 0 saturated carbocycles. The molecule has 5 rings (SSSR count). The van der Waals surface area contributed by atoms with Crippen LogP contribution in [0.5, 0.6) is 0 Å². The fraction of sp³-hybridized carbons (Fsp3) is 0.391. The highest BCUT2D eigenvalue weighted by Gasteiger charge is 2.45. The maximum atomic E-state index is 15.2. The molecule has 0 aliphatic carbocycles. The summed E-state index contributed by atoms with van der Waals surface area (Å²) < 4.78 is 20.4. The van der Waals surface area contributed by atoms with Crippen molar-refractivity contribution in [2.75, 3.05) is 54.0 Å². The Kier molecular flexibility index (Phi) is 6.33. The van der Waals surface area contributed by atoms with Gasteiger partial charge in [-0.1, -0.05) is 6.07 Å². The Hall–Kier alpha value is -3.97. The average Bonchev–Trinajstić information content (AvgIpc) is 3.23. The SMILES string of the molecule is CC(=O)NC[C@H]1CN(c2ccc(N3CCN4C(=O)N(c5ccccn5)C(O)N4CC3)c(F)c2)C(=O)O1. The van der Waals surface area contributed by atoms with E-state index < -0.39 is 30.4 Å². The monoisotopic (exact) mass is 499 g/mol. The number of rotatable bonds is 5. The summed E-state index contributed by atoms with van der Waals surface area (Å²) in [5.74, 6) is -0.404. The summed E-state index contributed by atoms with van der Waals surface area (Å²) >= 11 is 0. The minimum Gasteiger partial charge on any atom is -0.442 e. The van der Waals surface area contributed by atoms with Crippen LogP contribution in [0, 0.1) is 5.82 Å². The van der Waals surface area contributed by atoms with Crippen LogP contribution in [0.1, 0.15) is 6.92 Å². The lowest BCUT2D eigenvalue weighted by molar-refractivity contribution is -0.119. The van der Waals surface area contributed by atoms with E-state index in [-0.39, 0.29) is 32.1 Å². The van der Waals surface area contributed by atoms with Crippen LogP contribution in [0.3, 0.4) is 0 Å². The van der Waals surface area contributed by atoms with E-state index in [1.54, 1.807) is 46.4 Å². The number of carbonyl (C=O) groups is 3. The average molecular weight is 500 g/mol. The number of hydrogen-bond acceptors (Lipinski definition) is 8. The first-order valence-corrected chi connectivity index (χ1v) is 11.6. The van der Waals surface area contributed by atoms with Crippen molar-refractivity contribution in [3.05, 3.63) is 48.4 Å². The number of aliphatic hydroxyl groups is 1. The van der Waals surface area contributed by atoms with Crippen LogP contribution in [0.4, 0.5) is 31.2 Å². The summed E-state index contributed by atoms with van der Waals surface area (Å²) in [7, 11) is 0. The molecule has 2 atom stereocenters. The molecule has 3 aliphatic heterocycles. The molecule has 4 amide bonds. The van der Waals surface area contributed by atoms with Gasteiger partial charge in [-0.3, -0.25) is 14.7 Å². The van der Waals surface area contributed by atoms with Crippen LogP contribution >= 0.6 is 0 Å². The summed E-state index contributed by atoms with van der Waals surface area (Å²) in [6, 6.07) is 9.20. The number of pyridine rings is 1. The molecule has 12 nitrogen and oxygen atoms in total. The number of nitrogens with zero attached hydrogens (tertiary/aromatic N) is 6. The van der Waals surface area contributed by atoms with Crippen LogP contribution in [-0.2, 0) is 9.53 Å². The number of halogens is 1. The molecule has 3 aliphatic rings. The minimum atomic E-state index is -1.22. The van der Waals surface area contributed by atoms with Gasteiger partial charge in [0, 0.05) is 32.8 Å². The van der Waals surface area contributed by atoms with E-state index in [4.69, 9.17) is 4.74 Å². The Morgan fingerprint density at radius 2 is 2.00 bits per heavy atom. The quantitative estimate of drug-likeness (QED) is 0.624. The third kappa shape index (κ3) is 4.38. The second kappa shape index (κ2) is 9.59. The van der Waals surface area contributed by atoms with E-state index in [9.17, 15) is 19.5 Å². The fourth-order valence-corrected chi connectivity index (χ4v) is 4.57. The first-order chi connectivity index (χ1) is 17.3. The molecule has 1 aromatic heterocycles. The van der Waals surface area contributed by atoms with Crippen LogP contribution in [0.25, 0.3) is 0 Å². The molecule has 0 radical (unpaired) electrons. The Morgan fingerprint density at radius 1 is 1.19 bits per heavy atom. The van der Waals surface area contributed by atoms with Crippen molar-refractivity contribution in [2.24, 2.45) is 0 Å². The second-order valence-corrected chi connectivity index (χ2v) is 8.65. The largest absolute Gasteiger partial charge is 0.442 e. The number of benzene rings is 1. The molecule has 0 spiro atoms. The highest BCUT2D eigenvalue weighted by Crippen LogP contribution is 2.31. The van der Waals surface area contributed by atoms with Gasteiger partial charge in [-0.15, -0.1) is 0 Å². The lowest BCUT2D eigenvalue weighted by Gasteiger charge is -2.26. The number of cyclic esters (lactones) is 1. The molecule has 13 heteroatoms. The van der Waals surface area contributed by atoms with Gasteiger partial charge >= 0.3 is 12.1 Å². The molecule has 36 heavy (non-hydrogen) atoms. The van der Waals surface area contributed by atoms with Crippen molar-refractivity contribution in [1.82, 2.24) is 20.3 Å². The van der Waals surface area contributed by atoms with Crippen molar-refractivity contribution in [1.29, 1.82) is 0 Å². The van der Waals surface area contributed by atoms with Gasteiger partial charge in [0.2, 0.25) is 12.3 Å². The van der Waals surface area contributed by atoms with E-state index in [1.165, 1.54) is 27.8 Å². The Labute approximate surface area is 206 Å². The van der Waals surface area contributed by atoms with E-state index >= 15 is 4.39 Å². The molecule has 190 valence electrons. The summed E-state index contributed by atoms with van der Waals surface area (Å²) in [6.45, 7) is 2.97. The summed E-state index contributed by atoms with van der Waals surface area (Å²) in [5.41, 5.74) is 0.675. The highest BCUT2D eigenvalue weighted by atomic mass is 19.1. The summed E-state index contributed by atoms with van der Waals surface area (Å²) in [4.78, 5) is 44.9. The molecular formula is C23H26FN7O5. The lowest BCUT2D eigenvalue weighted by atomic mass is 10.2. The number of fused-ring (bicyclic) bond motifs is 1. The lowest BCUT2D eigenvalue weighted by Crippen LogP contribution is -2.44. The van der Waals surface area contributed by atoms with Gasteiger partial charge in [-0.05, 0) is 30.3 Å². The second-order valence-electron chi connectivity index (χ2n) is 8.65. The summed E-state index contributed by atoms with van der Waals surface area (Å²) in [6.07, 6.45) is -0.795. The standard InChI is InChI=1S/C23H26FN7O5/c1-15(32)26-13-17-14-28(23(35)36-17)16-5-6-19(18(24)12-16)27-8-10-29-21(33)31(20-4-2-3-7-25-20)22(34)30(29)11-9-27/h2-7,12,17,21,33H,8-11,13-14H2,1H3,(H,26,32)/t17-,21?/m0/s1. The van der Waals surface area contributed by atoms with E-state index in [2.05, 4.69) is 10.3 Å². The van der Waals surface area contributed by atoms with Crippen molar-refractivity contribution in [3.8, 4) is 0 Å². The van der Waals surface area contributed by atoms with Gasteiger partial charge in [-0.2, -0.15) is 5.01 Å². The number of nitrogens with one attached hydrogen (secondary N) is 1. The zero-order valence-electron chi connectivity index (χ0n) is 19.6. The van der Waals surface area contributed by atoms with Crippen molar-refractivity contribution < 1.29 is 28.6 Å². The Bertz CT molecular complexity index is 1170. The van der Waals surface area contributed by atoms with Crippen molar-refractivity contribution in [2.45, 2.75) is 19.4 Å². The first kappa shape index (κ1) is 23.8. The van der Waals surface area contributed by atoms with Crippen LogP contribution in [0.2, 0.25) is 0 Å². The zero-order valence-corrected chi connectivity index (χ0v) is 19.6. The molecule has 2 aromatic rings. The topological polar surface area (TPSA) is 122 Å². The van der Waals surface area contributed by atoms with Crippen molar-refractivity contribution in [3.63, 3.8) is 0 Å². The molecule has 3 fully saturated rings. The molecule has 0 bridgehead atoms. The van der Waals surface area contributed by atoms with Gasteiger partial charge in [0.25, 0.3) is 0 Å². The number of carbonyl (C=O) groups excluding carboxylic acids is 3. The van der Waals surface area contributed by atoms with Crippen LogP contribution in [0.15, 0.2) is 42.6 Å². The third-order valence-electron chi connectivity index (χ3n) is 6.35. The minimum absolute atomic E-state index is 0.182. The number of anilines is 3. The van der Waals surface area contributed by atoms with Gasteiger partial charge in [0.15, 0.2) is 0 Å². The first-order valence-electron chi connectivity index (χ1n) is 11.6. The number of ether oxygens (including phenoxy) is 1. The molecule has 3 saturated heterocycles. The van der Waals surface area contributed by atoms with Gasteiger partial charge in [-0.25, -0.2) is 23.9 Å². The van der Waals surface area contributed by atoms with Crippen LogP contribution in [-0.4, -0.2) is 89.9 Å². The molecular weight excluding hydrogens is 473 g/mol. The predicted molar refractivity (Wildman–Crippen MR) is 126 cm³/mol. The summed E-state index contributed by atoms with van der Waals surface area (Å²) in [5, 5.41) is 16.4. The molecule has 2 N–H and O–H groups in total. The van der Waals surface area contributed by atoms with Gasteiger partial charge in [0.05, 0.1) is 31.0 Å².